The molecule has 1 aromatic carbocycles. The van der Waals surface area contributed by atoms with Crippen LogP contribution in [-0.4, -0.2) is 42.4 Å². The molecule has 0 spiro atoms. The Labute approximate surface area is 117 Å². The van der Waals surface area contributed by atoms with Crippen LogP contribution >= 0.6 is 15.9 Å². The number of amides is 1. The fraction of sp³-hybridized carbons (Fsp3) is 0.500. The Morgan fingerprint density at radius 1 is 1.44 bits per heavy atom. The first kappa shape index (κ1) is 13.6. The van der Waals surface area contributed by atoms with Crippen molar-refractivity contribution in [2.45, 2.75) is 25.4 Å². The Kier molecular flexibility index (Phi) is 4.40. The monoisotopic (exact) mass is 310 g/mol. The number of hydrogen-bond acceptors (Lipinski definition) is 2. The predicted molar refractivity (Wildman–Crippen MR) is 76.3 cm³/mol. The van der Waals surface area contributed by atoms with Gasteiger partial charge in [0.2, 0.25) is 5.91 Å². The molecule has 1 atom stereocenters. The molecule has 1 fully saturated rings. The standard InChI is InChI=1S/C14H19BrN2O/c1-16(2)14(18)13-8-5-9-17(13)10-11-6-3-4-7-12(11)15/h3-4,6-7,13H,5,8-10H2,1-2H3. The van der Waals surface area contributed by atoms with E-state index in [1.165, 1.54) is 5.56 Å². The van der Waals surface area contributed by atoms with Gasteiger partial charge in [0.05, 0.1) is 6.04 Å². The first-order chi connectivity index (χ1) is 8.59. The number of likely N-dealkylation sites (tertiary alicyclic amines) is 1. The van der Waals surface area contributed by atoms with Crippen LogP contribution in [0.2, 0.25) is 0 Å². The van der Waals surface area contributed by atoms with Crippen molar-refractivity contribution in [1.29, 1.82) is 0 Å². The summed E-state index contributed by atoms with van der Waals surface area (Å²) >= 11 is 3.57. The smallest absolute Gasteiger partial charge is 0.239 e. The molecule has 2 rings (SSSR count). The average Bonchev–Trinajstić information content (AvgIpc) is 2.79. The van der Waals surface area contributed by atoms with Crippen LogP contribution in [0.15, 0.2) is 28.7 Å². The van der Waals surface area contributed by atoms with Gasteiger partial charge in [-0.3, -0.25) is 9.69 Å². The van der Waals surface area contributed by atoms with Gasteiger partial charge >= 0.3 is 0 Å². The minimum atomic E-state index is 0.0482. The van der Waals surface area contributed by atoms with E-state index in [4.69, 9.17) is 0 Å². The second kappa shape index (κ2) is 5.85. The van der Waals surface area contributed by atoms with Crippen molar-refractivity contribution in [3.63, 3.8) is 0 Å². The first-order valence-corrected chi connectivity index (χ1v) is 7.07. The molecule has 18 heavy (non-hydrogen) atoms. The van der Waals surface area contributed by atoms with Crippen LogP contribution in [0.3, 0.4) is 0 Å². The number of carbonyl (C=O) groups is 1. The Morgan fingerprint density at radius 2 is 2.17 bits per heavy atom. The Bertz CT molecular complexity index is 434. The van der Waals surface area contributed by atoms with E-state index in [-0.39, 0.29) is 11.9 Å². The summed E-state index contributed by atoms with van der Waals surface area (Å²) in [5, 5.41) is 0. The van der Waals surface area contributed by atoms with E-state index < -0.39 is 0 Å². The zero-order valence-electron chi connectivity index (χ0n) is 10.9. The molecule has 1 aliphatic rings. The molecule has 1 saturated heterocycles. The third kappa shape index (κ3) is 2.93. The molecular weight excluding hydrogens is 292 g/mol. The molecular formula is C14H19BrN2O. The molecule has 1 unspecified atom stereocenters. The highest BCUT2D eigenvalue weighted by Gasteiger charge is 2.31. The summed E-state index contributed by atoms with van der Waals surface area (Å²) in [6.07, 6.45) is 2.08. The van der Waals surface area contributed by atoms with Crippen molar-refractivity contribution in [3.05, 3.63) is 34.3 Å². The molecule has 0 bridgehead atoms. The van der Waals surface area contributed by atoms with E-state index in [1.807, 2.05) is 32.3 Å². The molecule has 0 N–H and O–H groups in total. The van der Waals surface area contributed by atoms with E-state index in [0.717, 1.165) is 30.4 Å². The van der Waals surface area contributed by atoms with E-state index in [1.54, 1.807) is 4.90 Å². The van der Waals surface area contributed by atoms with Gasteiger partial charge in [-0.1, -0.05) is 34.1 Å². The Hall–Kier alpha value is -0.870. The highest BCUT2D eigenvalue weighted by Crippen LogP contribution is 2.24. The van der Waals surface area contributed by atoms with E-state index >= 15 is 0 Å². The Balaban J connectivity index is 2.09. The van der Waals surface area contributed by atoms with Crippen LogP contribution in [0.5, 0.6) is 0 Å². The van der Waals surface area contributed by atoms with Crippen LogP contribution in [-0.2, 0) is 11.3 Å². The van der Waals surface area contributed by atoms with Gasteiger partial charge in [-0.15, -0.1) is 0 Å². The number of halogens is 1. The maximum atomic E-state index is 12.1. The molecule has 1 aliphatic heterocycles. The van der Waals surface area contributed by atoms with Crippen molar-refractivity contribution in [2.24, 2.45) is 0 Å². The maximum absolute atomic E-state index is 12.1. The summed E-state index contributed by atoms with van der Waals surface area (Å²) in [5.74, 6) is 0.222. The van der Waals surface area contributed by atoms with Gasteiger partial charge in [0.1, 0.15) is 0 Å². The highest BCUT2D eigenvalue weighted by molar-refractivity contribution is 9.10. The number of nitrogens with zero attached hydrogens (tertiary/aromatic N) is 2. The molecule has 1 heterocycles. The molecule has 0 radical (unpaired) electrons. The fourth-order valence-electron chi connectivity index (χ4n) is 2.44. The normalized spacial score (nSPS) is 20.1. The fourth-order valence-corrected chi connectivity index (χ4v) is 2.85. The lowest BCUT2D eigenvalue weighted by Crippen LogP contribution is -2.42. The van der Waals surface area contributed by atoms with Crippen molar-refractivity contribution in [2.75, 3.05) is 20.6 Å². The number of carbonyl (C=O) groups excluding carboxylic acids is 1. The molecule has 0 aliphatic carbocycles. The van der Waals surface area contributed by atoms with Gasteiger partial charge in [-0.25, -0.2) is 0 Å². The van der Waals surface area contributed by atoms with Gasteiger partial charge < -0.3 is 4.90 Å². The van der Waals surface area contributed by atoms with Crippen LogP contribution < -0.4 is 0 Å². The molecule has 0 saturated carbocycles. The number of likely N-dealkylation sites (N-methyl/N-ethyl adjacent to an activating group) is 1. The number of benzene rings is 1. The third-order valence-corrected chi connectivity index (χ3v) is 4.19. The molecule has 1 aromatic rings. The second-order valence-electron chi connectivity index (χ2n) is 4.95. The summed E-state index contributed by atoms with van der Waals surface area (Å²) in [5.41, 5.74) is 1.25. The summed E-state index contributed by atoms with van der Waals surface area (Å²) in [4.78, 5) is 16.1. The van der Waals surface area contributed by atoms with Crippen molar-refractivity contribution in [1.82, 2.24) is 9.80 Å². The van der Waals surface area contributed by atoms with Crippen LogP contribution in [0.25, 0.3) is 0 Å². The summed E-state index contributed by atoms with van der Waals surface area (Å²) in [6.45, 7) is 1.84. The van der Waals surface area contributed by atoms with Crippen molar-refractivity contribution >= 4 is 21.8 Å². The maximum Gasteiger partial charge on any atom is 0.239 e. The third-order valence-electron chi connectivity index (χ3n) is 3.42. The van der Waals surface area contributed by atoms with Gasteiger partial charge in [0, 0.05) is 25.1 Å². The lowest BCUT2D eigenvalue weighted by molar-refractivity contribution is -0.133. The summed E-state index contributed by atoms with van der Waals surface area (Å²) in [7, 11) is 3.66. The van der Waals surface area contributed by atoms with Gasteiger partial charge in [0.15, 0.2) is 0 Å². The highest BCUT2D eigenvalue weighted by atomic mass is 79.9. The van der Waals surface area contributed by atoms with E-state index in [9.17, 15) is 4.79 Å². The average molecular weight is 311 g/mol. The minimum absolute atomic E-state index is 0.0482. The van der Waals surface area contributed by atoms with Crippen LogP contribution in [0.1, 0.15) is 18.4 Å². The zero-order chi connectivity index (χ0) is 13.1. The molecule has 0 aromatic heterocycles. The lowest BCUT2D eigenvalue weighted by Gasteiger charge is -2.26. The van der Waals surface area contributed by atoms with Gasteiger partial charge in [0.25, 0.3) is 0 Å². The van der Waals surface area contributed by atoms with E-state index in [0.29, 0.717) is 0 Å². The second-order valence-corrected chi connectivity index (χ2v) is 5.81. The van der Waals surface area contributed by atoms with Crippen LogP contribution in [0.4, 0.5) is 0 Å². The molecule has 4 heteroatoms. The van der Waals surface area contributed by atoms with Gasteiger partial charge in [-0.2, -0.15) is 0 Å². The van der Waals surface area contributed by atoms with Crippen molar-refractivity contribution < 1.29 is 4.79 Å². The number of hydrogen-bond donors (Lipinski definition) is 0. The predicted octanol–water partition coefficient (Wildman–Crippen LogP) is 2.50. The molecule has 1 amide bonds. The SMILES string of the molecule is CN(C)C(=O)C1CCCN1Cc1ccccc1Br. The van der Waals surface area contributed by atoms with Crippen LogP contribution in [0, 0.1) is 0 Å². The quantitative estimate of drug-likeness (QED) is 0.856. The topological polar surface area (TPSA) is 23.6 Å². The minimum Gasteiger partial charge on any atom is -0.347 e. The summed E-state index contributed by atoms with van der Waals surface area (Å²) in [6, 6.07) is 8.26. The Morgan fingerprint density at radius 3 is 2.83 bits per heavy atom. The zero-order valence-corrected chi connectivity index (χ0v) is 12.5. The number of rotatable bonds is 3. The molecule has 98 valence electrons. The first-order valence-electron chi connectivity index (χ1n) is 6.28. The van der Waals surface area contributed by atoms with Gasteiger partial charge in [-0.05, 0) is 31.0 Å². The largest absolute Gasteiger partial charge is 0.347 e. The summed E-state index contributed by atoms with van der Waals surface area (Å²) < 4.78 is 1.12. The van der Waals surface area contributed by atoms with Crippen molar-refractivity contribution in [3.8, 4) is 0 Å². The van der Waals surface area contributed by atoms with E-state index in [2.05, 4.69) is 26.9 Å². The molecule has 3 nitrogen and oxygen atoms in total. The lowest BCUT2D eigenvalue weighted by atomic mass is 10.1.